The maximum Gasteiger partial charge on any atom is 0.0954 e. The van der Waals surface area contributed by atoms with Crippen LogP contribution in [0.1, 0.15) is 27.8 Å². The van der Waals surface area contributed by atoms with Gasteiger partial charge in [-0.05, 0) is 39.9 Å². The minimum absolute atomic E-state index is 0.0146. The van der Waals surface area contributed by atoms with Crippen LogP contribution >= 0.6 is 24.4 Å². The number of thiol groups is 1. The van der Waals surface area contributed by atoms with E-state index in [1.54, 1.807) is 36.4 Å². The summed E-state index contributed by atoms with van der Waals surface area (Å²) in [6.45, 7) is 0.0145. The van der Waals surface area contributed by atoms with Gasteiger partial charge in [-0.15, -0.1) is 24.4 Å². The first-order valence-electron chi connectivity index (χ1n) is 11.8. The highest BCUT2D eigenvalue weighted by atomic mass is 32.2. The molecule has 5 rings (SSSR count). The number of pyridine rings is 2. The molecule has 0 aliphatic carbocycles. The average molecular weight is 525 g/mol. The van der Waals surface area contributed by atoms with Crippen LogP contribution in [0.3, 0.4) is 0 Å². The van der Waals surface area contributed by atoms with E-state index in [9.17, 15) is 5.11 Å². The van der Waals surface area contributed by atoms with E-state index >= 15 is 0 Å². The first-order chi connectivity index (χ1) is 18.2. The Labute approximate surface area is 227 Å². The first-order valence-corrected chi connectivity index (χ1v) is 13.1. The van der Waals surface area contributed by atoms with Gasteiger partial charge in [0.05, 0.1) is 18.0 Å². The number of aliphatic hydroxyl groups excluding tert-OH is 2. The molecule has 0 spiro atoms. The predicted molar refractivity (Wildman–Crippen MR) is 153 cm³/mol. The molecular formula is C31H28N2O2S2. The smallest absolute Gasteiger partial charge is 0.0954 e. The number of nitrogens with zero attached hydrogens (tertiary/aromatic N) is 2. The van der Waals surface area contributed by atoms with Crippen LogP contribution in [0, 0.1) is 0 Å². The number of hydrogen-bond acceptors (Lipinski definition) is 6. The van der Waals surface area contributed by atoms with Crippen LogP contribution in [0.25, 0.3) is 0 Å². The van der Waals surface area contributed by atoms with Crippen molar-refractivity contribution in [1.82, 2.24) is 9.97 Å². The molecule has 2 aromatic heterocycles. The van der Waals surface area contributed by atoms with E-state index < -0.39 is 4.75 Å². The molecule has 3 aromatic carbocycles. The molecule has 0 fully saturated rings. The van der Waals surface area contributed by atoms with E-state index in [0.29, 0.717) is 0 Å². The summed E-state index contributed by atoms with van der Waals surface area (Å²) in [6.07, 6.45) is 6.81. The van der Waals surface area contributed by atoms with E-state index in [0.717, 1.165) is 20.9 Å². The normalized spacial score (nSPS) is 10.9. The van der Waals surface area contributed by atoms with Crippen molar-refractivity contribution in [1.29, 1.82) is 0 Å². The van der Waals surface area contributed by atoms with Crippen molar-refractivity contribution < 1.29 is 10.2 Å². The quantitative estimate of drug-likeness (QED) is 0.128. The van der Waals surface area contributed by atoms with Gasteiger partial charge < -0.3 is 10.2 Å². The topological polar surface area (TPSA) is 66.2 Å². The van der Waals surface area contributed by atoms with Crippen LogP contribution in [-0.4, -0.2) is 20.2 Å². The van der Waals surface area contributed by atoms with Gasteiger partial charge in [-0.3, -0.25) is 9.97 Å². The second kappa shape index (κ2) is 13.2. The van der Waals surface area contributed by atoms with Crippen molar-refractivity contribution in [2.45, 2.75) is 27.8 Å². The fourth-order valence-corrected chi connectivity index (χ4v) is 5.72. The van der Waals surface area contributed by atoms with Gasteiger partial charge >= 0.3 is 0 Å². The third kappa shape index (κ3) is 6.29. The van der Waals surface area contributed by atoms with Gasteiger partial charge in [0.1, 0.15) is 0 Å². The summed E-state index contributed by atoms with van der Waals surface area (Å²) in [4.78, 5) is 9.84. The molecule has 37 heavy (non-hydrogen) atoms. The monoisotopic (exact) mass is 524 g/mol. The van der Waals surface area contributed by atoms with E-state index in [-0.39, 0.29) is 13.2 Å². The molecule has 0 atom stereocenters. The van der Waals surface area contributed by atoms with Crippen molar-refractivity contribution in [2.24, 2.45) is 0 Å². The van der Waals surface area contributed by atoms with Gasteiger partial charge in [-0.2, -0.15) is 0 Å². The van der Waals surface area contributed by atoms with Gasteiger partial charge in [0, 0.05) is 34.6 Å². The SMILES string of the molecule is OCc1ccncc1S.OCc1ccncc1SC(c1ccccc1)(c1ccccc1)c1ccccc1. The van der Waals surface area contributed by atoms with Crippen LogP contribution in [0.5, 0.6) is 0 Å². The summed E-state index contributed by atoms with van der Waals surface area (Å²) >= 11 is 5.78. The van der Waals surface area contributed by atoms with Crippen LogP contribution in [0.4, 0.5) is 0 Å². The fraction of sp³-hybridized carbons (Fsp3) is 0.0968. The Kier molecular flexibility index (Phi) is 9.52. The molecule has 0 aliphatic rings. The zero-order valence-electron chi connectivity index (χ0n) is 20.2. The van der Waals surface area contributed by atoms with Gasteiger partial charge in [0.25, 0.3) is 0 Å². The van der Waals surface area contributed by atoms with E-state index in [4.69, 9.17) is 5.11 Å². The molecule has 0 bridgehead atoms. The third-order valence-electron chi connectivity index (χ3n) is 5.90. The highest BCUT2D eigenvalue weighted by Gasteiger charge is 2.38. The summed E-state index contributed by atoms with van der Waals surface area (Å²) in [7, 11) is 0. The van der Waals surface area contributed by atoms with Crippen molar-refractivity contribution in [2.75, 3.05) is 0 Å². The van der Waals surface area contributed by atoms with Gasteiger partial charge in [0.15, 0.2) is 0 Å². The zero-order chi connectivity index (χ0) is 25.9. The number of hydrogen-bond donors (Lipinski definition) is 3. The lowest BCUT2D eigenvalue weighted by atomic mass is 9.84. The van der Waals surface area contributed by atoms with Gasteiger partial charge in [-0.25, -0.2) is 0 Å². The summed E-state index contributed by atoms with van der Waals surface area (Å²) in [6, 6.07) is 35.2. The number of benzene rings is 3. The molecule has 4 nitrogen and oxygen atoms in total. The zero-order valence-corrected chi connectivity index (χ0v) is 21.9. The standard InChI is InChI=1S/C25H21NOS.C6H7NOS/c27-19-20-16-17-26-18-24(20)28-25(21-10-4-1-5-11-21,22-12-6-2-7-13-22)23-14-8-3-9-15-23;8-4-5-1-2-7-3-6(5)9/h1-18,27H,19H2;1-3,8-9H,4H2. The van der Waals surface area contributed by atoms with Crippen LogP contribution in [0.15, 0.2) is 138 Å². The lowest BCUT2D eigenvalue weighted by molar-refractivity contribution is 0.278. The molecule has 0 saturated heterocycles. The first kappa shape index (κ1) is 26.6. The second-order valence-electron chi connectivity index (χ2n) is 8.19. The molecule has 2 N–H and O–H groups in total. The summed E-state index contributed by atoms with van der Waals surface area (Å²) in [5, 5.41) is 18.5. The van der Waals surface area contributed by atoms with Crippen molar-refractivity contribution in [3.8, 4) is 0 Å². The fourth-order valence-electron chi connectivity index (χ4n) is 4.04. The highest BCUT2D eigenvalue weighted by molar-refractivity contribution is 8.00. The predicted octanol–water partition coefficient (Wildman–Crippen LogP) is 6.52. The summed E-state index contributed by atoms with van der Waals surface area (Å²) in [5.74, 6) is 0. The Bertz CT molecular complexity index is 1290. The lowest BCUT2D eigenvalue weighted by Gasteiger charge is -2.35. The molecule has 0 radical (unpaired) electrons. The van der Waals surface area contributed by atoms with E-state index in [1.165, 1.54) is 16.7 Å². The summed E-state index contributed by atoms with van der Waals surface area (Å²) in [5.41, 5.74) is 5.25. The molecule has 0 unspecified atom stereocenters. The summed E-state index contributed by atoms with van der Waals surface area (Å²) < 4.78 is -0.462. The Morgan fingerprint density at radius 2 is 1.03 bits per heavy atom. The van der Waals surface area contributed by atoms with Crippen LogP contribution < -0.4 is 0 Å². The largest absolute Gasteiger partial charge is 0.392 e. The third-order valence-corrected chi connectivity index (χ3v) is 7.91. The molecule has 0 aliphatic heterocycles. The maximum absolute atomic E-state index is 9.89. The van der Waals surface area contributed by atoms with Crippen LogP contribution in [0.2, 0.25) is 0 Å². The Hall–Kier alpha value is -3.42. The Balaban J connectivity index is 0.000000301. The van der Waals surface area contributed by atoms with E-state index in [1.807, 2.05) is 30.5 Å². The van der Waals surface area contributed by atoms with Gasteiger partial charge in [0.2, 0.25) is 0 Å². The molecule has 2 heterocycles. The average Bonchev–Trinajstić information content (AvgIpc) is 2.98. The number of aromatic nitrogens is 2. The molecular weight excluding hydrogens is 496 g/mol. The Morgan fingerprint density at radius 3 is 1.43 bits per heavy atom. The number of aliphatic hydroxyl groups is 2. The molecule has 5 aromatic rings. The molecule has 6 heteroatoms. The number of thioether (sulfide) groups is 1. The van der Waals surface area contributed by atoms with E-state index in [2.05, 4.69) is 95.4 Å². The van der Waals surface area contributed by atoms with Crippen molar-refractivity contribution in [3.63, 3.8) is 0 Å². The minimum Gasteiger partial charge on any atom is -0.392 e. The van der Waals surface area contributed by atoms with Gasteiger partial charge in [-0.1, -0.05) is 91.0 Å². The van der Waals surface area contributed by atoms with Crippen molar-refractivity contribution in [3.05, 3.63) is 156 Å². The molecule has 0 amide bonds. The van der Waals surface area contributed by atoms with Crippen LogP contribution in [-0.2, 0) is 18.0 Å². The highest BCUT2D eigenvalue weighted by Crippen LogP contribution is 2.52. The second-order valence-corrected chi connectivity index (χ2v) is 9.92. The minimum atomic E-state index is -0.462. The number of rotatable bonds is 7. The van der Waals surface area contributed by atoms with Crippen molar-refractivity contribution >= 4 is 24.4 Å². The lowest BCUT2D eigenvalue weighted by Crippen LogP contribution is -2.25. The molecule has 0 saturated carbocycles. The molecule has 186 valence electrons. The Morgan fingerprint density at radius 1 is 0.595 bits per heavy atom. The maximum atomic E-state index is 9.89.